The van der Waals surface area contributed by atoms with Crippen molar-refractivity contribution in [2.24, 2.45) is 0 Å². The third-order valence-corrected chi connectivity index (χ3v) is 3.91. The van der Waals surface area contributed by atoms with Crippen LogP contribution in [0, 0.1) is 0 Å². The lowest BCUT2D eigenvalue weighted by molar-refractivity contribution is -0.115. The number of methoxy groups -OCH3 is 1. The molecule has 1 aliphatic heterocycles. The van der Waals surface area contributed by atoms with Crippen LogP contribution in [0.3, 0.4) is 0 Å². The molecule has 24 heavy (non-hydrogen) atoms. The molecule has 2 aromatic carbocycles. The van der Waals surface area contributed by atoms with Crippen LogP contribution in [0.15, 0.2) is 42.5 Å². The van der Waals surface area contributed by atoms with E-state index in [2.05, 4.69) is 10.6 Å². The largest absolute Gasteiger partial charge is 0.497 e. The number of nitrogens with one attached hydrogen (secondary N) is 2. The van der Waals surface area contributed by atoms with Gasteiger partial charge in [0.2, 0.25) is 5.91 Å². The van der Waals surface area contributed by atoms with Gasteiger partial charge in [-0.1, -0.05) is 12.1 Å². The van der Waals surface area contributed by atoms with Gasteiger partial charge in [-0.2, -0.15) is 0 Å². The Morgan fingerprint density at radius 3 is 2.92 bits per heavy atom. The van der Waals surface area contributed by atoms with E-state index in [1.54, 1.807) is 19.2 Å². The van der Waals surface area contributed by atoms with Crippen molar-refractivity contribution in [2.75, 3.05) is 30.9 Å². The lowest BCUT2D eigenvalue weighted by atomic mass is 10.1. The Hall–Kier alpha value is -3.02. The van der Waals surface area contributed by atoms with Crippen molar-refractivity contribution in [3.8, 4) is 5.75 Å². The number of fused-ring (bicyclic) bond motifs is 1. The van der Waals surface area contributed by atoms with Gasteiger partial charge in [-0.25, -0.2) is 0 Å². The van der Waals surface area contributed by atoms with Gasteiger partial charge < -0.3 is 20.3 Å². The molecule has 6 nitrogen and oxygen atoms in total. The molecule has 1 heterocycles. The zero-order chi connectivity index (χ0) is 17.1. The van der Waals surface area contributed by atoms with Gasteiger partial charge in [0.05, 0.1) is 25.0 Å². The summed E-state index contributed by atoms with van der Waals surface area (Å²) in [5.41, 5.74) is 3.02. The van der Waals surface area contributed by atoms with Gasteiger partial charge in [0.15, 0.2) is 0 Å². The molecule has 124 valence electrons. The number of anilines is 2. The number of nitrogens with zero attached hydrogens (tertiary/aromatic N) is 1. The number of likely N-dealkylation sites (N-methyl/N-ethyl adjacent to an activating group) is 1. The van der Waals surface area contributed by atoms with Gasteiger partial charge in [-0.3, -0.25) is 9.59 Å². The quantitative estimate of drug-likeness (QED) is 0.902. The normalized spacial score (nSPS) is 13.1. The topological polar surface area (TPSA) is 70.7 Å². The van der Waals surface area contributed by atoms with E-state index in [0.29, 0.717) is 24.3 Å². The third kappa shape index (κ3) is 3.32. The SMILES string of the molecule is COc1cccc(CNC(=O)c2ccc3c(c2)NC(=O)CN3C)c1. The maximum atomic E-state index is 12.4. The second-order valence-corrected chi connectivity index (χ2v) is 5.67. The van der Waals surface area contributed by atoms with Crippen molar-refractivity contribution in [1.29, 1.82) is 0 Å². The molecule has 6 heteroatoms. The second kappa shape index (κ2) is 6.62. The first-order valence-electron chi connectivity index (χ1n) is 7.63. The Kier molecular flexibility index (Phi) is 4.37. The highest BCUT2D eigenvalue weighted by Crippen LogP contribution is 2.29. The molecule has 2 N–H and O–H groups in total. The van der Waals surface area contributed by atoms with Crippen LogP contribution < -0.4 is 20.3 Å². The van der Waals surface area contributed by atoms with Crippen molar-refractivity contribution in [1.82, 2.24) is 5.32 Å². The minimum absolute atomic E-state index is 0.0843. The number of carbonyl (C=O) groups is 2. The van der Waals surface area contributed by atoms with E-state index in [0.717, 1.165) is 17.0 Å². The average Bonchev–Trinajstić information content (AvgIpc) is 2.59. The standard InChI is InChI=1S/C18H19N3O3/c1-21-11-17(22)20-15-9-13(6-7-16(15)21)18(23)19-10-12-4-3-5-14(8-12)24-2/h3-9H,10-11H2,1-2H3,(H,19,23)(H,20,22). The van der Waals surface area contributed by atoms with Gasteiger partial charge in [-0.15, -0.1) is 0 Å². The minimum atomic E-state index is -0.192. The van der Waals surface area contributed by atoms with E-state index in [-0.39, 0.29) is 11.8 Å². The number of amides is 2. The molecule has 0 aromatic heterocycles. The molecule has 0 unspecified atom stereocenters. The molecule has 0 bridgehead atoms. The van der Waals surface area contributed by atoms with Crippen molar-refractivity contribution in [3.05, 3.63) is 53.6 Å². The predicted octanol–water partition coefficient (Wildman–Crippen LogP) is 2.01. The molecule has 3 rings (SSSR count). The van der Waals surface area contributed by atoms with E-state index in [1.807, 2.05) is 42.3 Å². The van der Waals surface area contributed by atoms with Crippen LogP contribution in [-0.2, 0) is 11.3 Å². The second-order valence-electron chi connectivity index (χ2n) is 5.67. The predicted molar refractivity (Wildman–Crippen MR) is 92.5 cm³/mol. The van der Waals surface area contributed by atoms with Crippen molar-refractivity contribution in [2.45, 2.75) is 6.54 Å². The molecule has 0 saturated heterocycles. The molecular weight excluding hydrogens is 306 g/mol. The number of hydrogen-bond donors (Lipinski definition) is 2. The van der Waals surface area contributed by atoms with Crippen molar-refractivity contribution >= 4 is 23.2 Å². The molecule has 2 aromatic rings. The first-order valence-corrected chi connectivity index (χ1v) is 7.63. The van der Waals surface area contributed by atoms with Crippen LogP contribution in [0.4, 0.5) is 11.4 Å². The van der Waals surface area contributed by atoms with E-state index in [1.165, 1.54) is 0 Å². The zero-order valence-corrected chi connectivity index (χ0v) is 13.6. The summed E-state index contributed by atoms with van der Waals surface area (Å²) in [5.74, 6) is 0.475. The third-order valence-electron chi connectivity index (χ3n) is 3.91. The van der Waals surface area contributed by atoms with Crippen LogP contribution in [0.5, 0.6) is 5.75 Å². The van der Waals surface area contributed by atoms with Gasteiger partial charge in [0.1, 0.15) is 5.75 Å². The Morgan fingerprint density at radius 1 is 1.29 bits per heavy atom. The fraction of sp³-hybridized carbons (Fsp3) is 0.222. The summed E-state index contributed by atoms with van der Waals surface area (Å²) < 4.78 is 5.17. The van der Waals surface area contributed by atoms with Crippen LogP contribution >= 0.6 is 0 Å². The molecule has 0 aliphatic carbocycles. The molecule has 0 radical (unpaired) electrons. The Labute approximate surface area is 140 Å². The smallest absolute Gasteiger partial charge is 0.251 e. The monoisotopic (exact) mass is 325 g/mol. The summed E-state index contributed by atoms with van der Waals surface area (Å²) in [5, 5.41) is 5.67. The first-order chi connectivity index (χ1) is 11.6. The zero-order valence-electron chi connectivity index (χ0n) is 13.6. The maximum absolute atomic E-state index is 12.4. The Balaban J connectivity index is 1.71. The summed E-state index contributed by atoms with van der Waals surface area (Å²) in [4.78, 5) is 25.8. The summed E-state index contributed by atoms with van der Waals surface area (Å²) in [6.07, 6.45) is 0. The fourth-order valence-corrected chi connectivity index (χ4v) is 2.67. The fourth-order valence-electron chi connectivity index (χ4n) is 2.67. The average molecular weight is 325 g/mol. The molecule has 1 aliphatic rings. The van der Waals surface area contributed by atoms with Crippen LogP contribution in [0.1, 0.15) is 15.9 Å². The number of hydrogen-bond acceptors (Lipinski definition) is 4. The maximum Gasteiger partial charge on any atom is 0.251 e. The lowest BCUT2D eigenvalue weighted by Gasteiger charge is -2.27. The summed E-state index contributed by atoms with van der Waals surface area (Å²) in [7, 11) is 3.45. The van der Waals surface area contributed by atoms with E-state index in [9.17, 15) is 9.59 Å². The van der Waals surface area contributed by atoms with Gasteiger partial charge in [0.25, 0.3) is 5.91 Å². The van der Waals surface area contributed by atoms with Crippen LogP contribution in [0.2, 0.25) is 0 Å². The highest BCUT2D eigenvalue weighted by molar-refractivity contribution is 6.03. The molecular formula is C18H19N3O3. The van der Waals surface area contributed by atoms with Crippen molar-refractivity contribution < 1.29 is 14.3 Å². The first kappa shape index (κ1) is 15.9. The molecule has 0 spiro atoms. The Bertz CT molecular complexity index is 789. The number of rotatable bonds is 4. The lowest BCUT2D eigenvalue weighted by Crippen LogP contribution is -2.35. The van der Waals surface area contributed by atoms with E-state index >= 15 is 0 Å². The molecule has 0 fully saturated rings. The van der Waals surface area contributed by atoms with Crippen LogP contribution in [-0.4, -0.2) is 32.5 Å². The molecule has 0 saturated carbocycles. The summed E-state index contributed by atoms with van der Waals surface area (Å²) in [6.45, 7) is 0.716. The minimum Gasteiger partial charge on any atom is -0.497 e. The number of carbonyl (C=O) groups excluding carboxylic acids is 2. The van der Waals surface area contributed by atoms with E-state index < -0.39 is 0 Å². The van der Waals surface area contributed by atoms with Gasteiger partial charge in [-0.05, 0) is 35.9 Å². The summed E-state index contributed by atoms with van der Waals surface area (Å²) in [6, 6.07) is 12.8. The highest BCUT2D eigenvalue weighted by atomic mass is 16.5. The Morgan fingerprint density at radius 2 is 2.12 bits per heavy atom. The van der Waals surface area contributed by atoms with Gasteiger partial charge >= 0.3 is 0 Å². The number of ether oxygens (including phenoxy) is 1. The summed E-state index contributed by atoms with van der Waals surface area (Å²) >= 11 is 0. The van der Waals surface area contributed by atoms with Crippen molar-refractivity contribution in [3.63, 3.8) is 0 Å². The number of benzene rings is 2. The molecule has 0 atom stereocenters. The van der Waals surface area contributed by atoms with E-state index in [4.69, 9.17) is 4.74 Å². The highest BCUT2D eigenvalue weighted by Gasteiger charge is 2.20. The van der Waals surface area contributed by atoms with Crippen LogP contribution in [0.25, 0.3) is 0 Å². The molecule has 2 amide bonds. The van der Waals surface area contributed by atoms with Gasteiger partial charge in [0, 0.05) is 19.2 Å².